The molecule has 0 saturated carbocycles. The molecule has 4 heteroatoms. The summed E-state index contributed by atoms with van der Waals surface area (Å²) in [4.78, 5) is 0. The fraction of sp³-hybridized carbons (Fsp3) is 0.833. The maximum absolute atomic E-state index is 2.50. The van der Waals surface area contributed by atoms with Gasteiger partial charge in [-0.1, -0.05) is 6.92 Å². The van der Waals surface area contributed by atoms with Crippen molar-refractivity contribution < 1.29 is 0 Å². The topological polar surface area (TPSA) is 0 Å². The molecule has 1 rings (SSSR count). The molecule has 4 unspecified atom stereocenters. The molecule has 0 aromatic heterocycles. The molecule has 10 heavy (non-hydrogen) atoms. The molecule has 1 aliphatic rings. The summed E-state index contributed by atoms with van der Waals surface area (Å²) in [6, 6.07) is 0. The van der Waals surface area contributed by atoms with Crippen molar-refractivity contribution in [1.82, 2.24) is 0 Å². The molecule has 0 saturated heterocycles. The smallest absolute Gasteiger partial charge is 0.0576 e. The maximum atomic E-state index is 2.50. The maximum Gasteiger partial charge on any atom is 0.127 e. The van der Waals surface area contributed by atoms with Crippen molar-refractivity contribution in [2.24, 2.45) is 0 Å². The van der Waals surface area contributed by atoms with Gasteiger partial charge in [0.2, 0.25) is 0 Å². The molecule has 1 heterocycles. The van der Waals surface area contributed by atoms with Gasteiger partial charge in [-0.15, -0.1) is 0 Å². The van der Waals surface area contributed by atoms with Gasteiger partial charge < -0.3 is 0 Å². The molecule has 0 aromatic carbocycles. The van der Waals surface area contributed by atoms with Crippen molar-refractivity contribution in [2.45, 2.75) is 13.3 Å². The Balaban J connectivity index is 2.75. The van der Waals surface area contributed by atoms with Gasteiger partial charge in [0.15, 0.2) is 0 Å². The predicted molar refractivity (Wildman–Crippen MR) is 62.1 cm³/mol. The fourth-order valence-electron chi connectivity index (χ4n) is 1.20. The van der Waals surface area contributed by atoms with E-state index in [4.69, 9.17) is 0 Å². The molecule has 0 N–H and O–H groups in total. The van der Waals surface area contributed by atoms with Crippen LogP contribution in [0.4, 0.5) is 0 Å². The van der Waals surface area contributed by atoms with Crippen molar-refractivity contribution in [1.29, 1.82) is 0 Å². The van der Waals surface area contributed by atoms with Crippen molar-refractivity contribution in [3.8, 4) is 0 Å². The minimum Gasteiger partial charge on any atom is -0.0576 e. The highest BCUT2D eigenvalue weighted by Gasteiger charge is 2.33. The van der Waals surface area contributed by atoms with E-state index in [1.165, 1.54) is 14.4 Å². The van der Waals surface area contributed by atoms with Gasteiger partial charge in [0.25, 0.3) is 0 Å². The summed E-state index contributed by atoms with van der Waals surface area (Å²) < 4.78 is 0. The lowest BCUT2D eigenvalue weighted by Gasteiger charge is -2.06. The van der Waals surface area contributed by atoms with Crippen molar-refractivity contribution in [3.05, 3.63) is 0 Å². The van der Waals surface area contributed by atoms with Gasteiger partial charge in [-0.05, 0) is 28.2 Å². The molecule has 4 atom stereocenters. The van der Waals surface area contributed by atoms with Crippen LogP contribution in [0.1, 0.15) is 13.3 Å². The van der Waals surface area contributed by atoms with Gasteiger partial charge in [-0.3, -0.25) is 0 Å². The van der Waals surface area contributed by atoms with E-state index in [0.717, 1.165) is 0 Å². The third kappa shape index (κ3) is 1.79. The SMILES string of the molecule is CCC1=[P+](C)PP(C)P1C. The van der Waals surface area contributed by atoms with Gasteiger partial charge in [-0.2, -0.15) is 0 Å². The number of hydrogen-bond acceptors (Lipinski definition) is 0. The van der Waals surface area contributed by atoms with E-state index in [0.29, 0.717) is 22.1 Å². The molecule has 0 amide bonds. The van der Waals surface area contributed by atoms with Crippen LogP contribution in [0.5, 0.6) is 0 Å². The normalized spacial score (nSPS) is 39.6. The minimum absolute atomic E-state index is 0.394. The van der Waals surface area contributed by atoms with Gasteiger partial charge >= 0.3 is 0 Å². The van der Waals surface area contributed by atoms with Gasteiger partial charge in [0.1, 0.15) is 20.2 Å². The number of rotatable bonds is 1. The molecule has 0 aromatic rings. The molecule has 0 bridgehead atoms. The summed E-state index contributed by atoms with van der Waals surface area (Å²) in [5.41, 5.74) is 0. The van der Waals surface area contributed by atoms with Crippen LogP contribution in [0.2, 0.25) is 0 Å². The monoisotopic (exact) mass is 211 g/mol. The van der Waals surface area contributed by atoms with Gasteiger partial charge in [0, 0.05) is 6.42 Å². The second-order valence-electron chi connectivity index (χ2n) is 2.48. The highest BCUT2D eigenvalue weighted by molar-refractivity contribution is 8.79. The molecular formula is C6H15P4+. The van der Waals surface area contributed by atoms with E-state index >= 15 is 0 Å². The van der Waals surface area contributed by atoms with E-state index in [-0.39, 0.29) is 0 Å². The first-order chi connectivity index (χ1) is 4.66. The Morgan fingerprint density at radius 2 is 2.10 bits per heavy atom. The molecule has 58 valence electrons. The van der Waals surface area contributed by atoms with E-state index < -0.39 is 0 Å². The van der Waals surface area contributed by atoms with Crippen molar-refractivity contribution >= 4 is 35.1 Å². The molecular weight excluding hydrogens is 196 g/mol. The average molecular weight is 211 g/mol. The molecule has 0 fully saturated rings. The highest BCUT2D eigenvalue weighted by Crippen LogP contribution is 2.90. The third-order valence-corrected chi connectivity index (χ3v) is 24.7. The Labute approximate surface area is 68.9 Å². The molecule has 0 radical (unpaired) electrons. The Morgan fingerprint density at radius 1 is 1.50 bits per heavy atom. The fourth-order valence-corrected chi connectivity index (χ4v) is 29.9. The standard InChI is InChI=1S/C6H15P4/c1-5-6-8(2)7-10(4)9(6)3/h7H,5H2,1-4H3/q+1. The molecule has 1 aliphatic heterocycles. The Hall–Kier alpha value is 1.46. The zero-order valence-electron chi connectivity index (χ0n) is 7.05. The first kappa shape index (κ1) is 9.55. The van der Waals surface area contributed by atoms with Crippen molar-refractivity contribution in [3.63, 3.8) is 0 Å². The van der Waals surface area contributed by atoms with E-state index in [1.807, 2.05) is 5.03 Å². The summed E-state index contributed by atoms with van der Waals surface area (Å²) >= 11 is 0. The largest absolute Gasteiger partial charge is 0.127 e. The highest BCUT2D eigenvalue weighted by atomic mass is 32.6. The summed E-state index contributed by atoms with van der Waals surface area (Å²) in [5, 5.41) is 1.97. The quantitative estimate of drug-likeness (QED) is 0.567. The molecule has 0 aliphatic carbocycles. The Morgan fingerprint density at radius 3 is 2.30 bits per heavy atom. The minimum atomic E-state index is 0.394. The molecule has 0 nitrogen and oxygen atoms in total. The van der Waals surface area contributed by atoms with Crippen LogP contribution in [0.25, 0.3) is 0 Å². The zero-order valence-corrected chi connectivity index (χ0v) is 10.7. The summed E-state index contributed by atoms with van der Waals surface area (Å²) in [5.74, 6) is 0. The molecule has 0 spiro atoms. The summed E-state index contributed by atoms with van der Waals surface area (Å²) in [7, 11) is 2.61. The van der Waals surface area contributed by atoms with Crippen LogP contribution < -0.4 is 0 Å². The average Bonchev–Trinajstić information content (AvgIpc) is 2.09. The third-order valence-electron chi connectivity index (χ3n) is 1.82. The van der Waals surface area contributed by atoms with Crippen molar-refractivity contribution in [2.75, 3.05) is 20.0 Å². The van der Waals surface area contributed by atoms with Crippen LogP contribution in [0.15, 0.2) is 0 Å². The van der Waals surface area contributed by atoms with E-state index in [2.05, 4.69) is 26.9 Å². The predicted octanol–water partition coefficient (Wildman–Crippen LogP) is 4.30. The van der Waals surface area contributed by atoms with Crippen LogP contribution in [0.3, 0.4) is 0 Å². The lowest BCUT2D eigenvalue weighted by Crippen LogP contribution is -1.83. The van der Waals surface area contributed by atoms with Crippen LogP contribution in [0, 0.1) is 0 Å². The Bertz CT molecular complexity index is 163. The summed E-state index contributed by atoms with van der Waals surface area (Å²) in [6.07, 6.45) is 1.38. The second-order valence-corrected chi connectivity index (χ2v) is 18.5. The second kappa shape index (κ2) is 3.92. The van der Waals surface area contributed by atoms with Crippen LogP contribution in [-0.2, 0) is 0 Å². The van der Waals surface area contributed by atoms with Gasteiger partial charge in [0.05, 0.1) is 6.66 Å². The lowest BCUT2D eigenvalue weighted by molar-refractivity contribution is 1.34. The zero-order chi connectivity index (χ0) is 7.72. The lowest BCUT2D eigenvalue weighted by atomic mass is 10.6. The first-order valence-corrected chi connectivity index (χ1v) is 12.3. The summed E-state index contributed by atoms with van der Waals surface area (Å²) in [6.45, 7) is 9.82. The first-order valence-electron chi connectivity index (χ1n) is 3.50. The van der Waals surface area contributed by atoms with Crippen LogP contribution >= 0.6 is 30.1 Å². The van der Waals surface area contributed by atoms with Crippen LogP contribution in [-0.4, -0.2) is 25.0 Å². The van der Waals surface area contributed by atoms with E-state index in [1.54, 1.807) is 0 Å². The number of hydrogen-bond donors (Lipinski definition) is 0. The van der Waals surface area contributed by atoms with Gasteiger partial charge in [-0.25, -0.2) is 0 Å². The van der Waals surface area contributed by atoms with E-state index in [9.17, 15) is 0 Å². The Kier molecular flexibility index (Phi) is 3.74.